The van der Waals surface area contributed by atoms with E-state index >= 15 is 0 Å². The van der Waals surface area contributed by atoms with Crippen molar-refractivity contribution in [1.29, 1.82) is 0 Å². The molecule has 0 amide bonds. The van der Waals surface area contributed by atoms with Crippen molar-refractivity contribution in [3.8, 4) is 0 Å². The Balaban J connectivity index is 2.30. The lowest BCUT2D eigenvalue weighted by Crippen LogP contribution is -2.29. The van der Waals surface area contributed by atoms with E-state index in [9.17, 15) is 0 Å². The highest BCUT2D eigenvalue weighted by molar-refractivity contribution is 5.04. The molecular formula is C8H12NO. The molecule has 0 aromatic heterocycles. The summed E-state index contributed by atoms with van der Waals surface area (Å²) in [5.41, 5.74) is 0. The van der Waals surface area contributed by atoms with Crippen LogP contribution in [0.15, 0.2) is 18.4 Å². The van der Waals surface area contributed by atoms with E-state index in [1.807, 2.05) is 26.0 Å². The molecule has 10 heavy (non-hydrogen) atoms. The molecule has 0 fully saturated rings. The van der Waals surface area contributed by atoms with E-state index in [1.54, 1.807) is 6.20 Å². The number of hydrogen-bond donors (Lipinski definition) is 1. The van der Waals surface area contributed by atoms with Crippen LogP contribution in [0, 0.1) is 6.08 Å². The smallest absolute Gasteiger partial charge is 0.147 e. The van der Waals surface area contributed by atoms with E-state index in [4.69, 9.17) is 4.74 Å². The fraction of sp³-hybridized carbons (Fsp3) is 0.500. The normalized spacial score (nSPS) is 23.3. The first-order valence-electron chi connectivity index (χ1n) is 3.45. The van der Waals surface area contributed by atoms with Gasteiger partial charge in [0.05, 0.1) is 6.10 Å². The number of nitrogens with one attached hydrogen (secondary N) is 1. The van der Waals surface area contributed by atoms with Crippen LogP contribution in [0.2, 0.25) is 0 Å². The summed E-state index contributed by atoms with van der Waals surface area (Å²) in [6, 6.07) is 0. The minimum atomic E-state index is 0.0289. The second-order valence-corrected chi connectivity index (χ2v) is 2.44. The van der Waals surface area contributed by atoms with Gasteiger partial charge in [0.15, 0.2) is 0 Å². The van der Waals surface area contributed by atoms with Crippen molar-refractivity contribution >= 4 is 0 Å². The lowest BCUT2D eigenvalue weighted by Gasteiger charge is -2.18. The fourth-order valence-corrected chi connectivity index (χ4v) is 0.755. The zero-order valence-corrected chi connectivity index (χ0v) is 6.29. The van der Waals surface area contributed by atoms with E-state index in [2.05, 4.69) is 11.4 Å². The van der Waals surface area contributed by atoms with Gasteiger partial charge >= 0.3 is 0 Å². The molecule has 2 nitrogen and oxygen atoms in total. The number of hydrogen-bond acceptors (Lipinski definition) is 2. The quantitative estimate of drug-likeness (QED) is 0.619. The Kier molecular flexibility index (Phi) is 2.51. The van der Waals surface area contributed by atoms with E-state index in [-0.39, 0.29) is 12.3 Å². The maximum atomic E-state index is 5.42. The van der Waals surface area contributed by atoms with Crippen LogP contribution in [0.5, 0.6) is 0 Å². The van der Waals surface area contributed by atoms with Crippen LogP contribution in [-0.4, -0.2) is 12.3 Å². The third kappa shape index (κ3) is 2.23. The Labute approximate surface area is 61.6 Å². The van der Waals surface area contributed by atoms with Gasteiger partial charge in [-0.25, -0.2) is 0 Å². The molecule has 0 aliphatic carbocycles. The Morgan fingerprint density at radius 1 is 1.60 bits per heavy atom. The van der Waals surface area contributed by atoms with Crippen molar-refractivity contribution in [3.05, 3.63) is 24.4 Å². The summed E-state index contributed by atoms with van der Waals surface area (Å²) < 4.78 is 5.42. The van der Waals surface area contributed by atoms with Gasteiger partial charge in [-0.15, -0.1) is 0 Å². The molecule has 1 rings (SSSR count). The molecule has 1 N–H and O–H groups in total. The molecule has 1 aliphatic rings. The summed E-state index contributed by atoms with van der Waals surface area (Å²) in [6.45, 7) is 4.02. The van der Waals surface area contributed by atoms with Crippen LogP contribution >= 0.6 is 0 Å². The predicted octanol–water partition coefficient (Wildman–Crippen LogP) is 1.21. The van der Waals surface area contributed by atoms with Crippen LogP contribution in [-0.2, 0) is 4.74 Å². The molecule has 0 saturated heterocycles. The third-order valence-corrected chi connectivity index (χ3v) is 1.12. The van der Waals surface area contributed by atoms with Gasteiger partial charge in [-0.1, -0.05) is 6.08 Å². The molecule has 1 radical (unpaired) electrons. The summed E-state index contributed by atoms with van der Waals surface area (Å²) in [6.07, 6.45) is 8.72. The van der Waals surface area contributed by atoms with E-state index in [0.29, 0.717) is 0 Å². The van der Waals surface area contributed by atoms with Gasteiger partial charge in [0.2, 0.25) is 0 Å². The van der Waals surface area contributed by atoms with Crippen LogP contribution in [0.3, 0.4) is 0 Å². The molecule has 0 spiro atoms. The minimum Gasteiger partial charge on any atom is -0.362 e. The van der Waals surface area contributed by atoms with Gasteiger partial charge in [0, 0.05) is 6.20 Å². The maximum Gasteiger partial charge on any atom is 0.147 e. The lowest BCUT2D eigenvalue weighted by atomic mass is 10.3. The first-order valence-corrected chi connectivity index (χ1v) is 3.45. The van der Waals surface area contributed by atoms with E-state index < -0.39 is 0 Å². The predicted molar refractivity (Wildman–Crippen MR) is 40.1 cm³/mol. The van der Waals surface area contributed by atoms with Gasteiger partial charge in [0.1, 0.15) is 6.23 Å². The number of rotatable bonds is 2. The Morgan fingerprint density at radius 2 is 2.40 bits per heavy atom. The molecule has 2 heteroatoms. The van der Waals surface area contributed by atoms with Gasteiger partial charge in [0.25, 0.3) is 0 Å². The van der Waals surface area contributed by atoms with Crippen molar-refractivity contribution in [2.45, 2.75) is 26.2 Å². The third-order valence-electron chi connectivity index (χ3n) is 1.12. The summed E-state index contributed by atoms with van der Waals surface area (Å²) in [4.78, 5) is 0. The highest BCUT2D eigenvalue weighted by Gasteiger charge is 2.04. The van der Waals surface area contributed by atoms with Gasteiger partial charge in [-0.2, -0.15) is 0 Å². The summed E-state index contributed by atoms with van der Waals surface area (Å²) in [5, 5.41) is 3.01. The molecule has 0 saturated carbocycles. The van der Waals surface area contributed by atoms with E-state index in [0.717, 1.165) is 0 Å². The molecule has 0 aromatic carbocycles. The van der Waals surface area contributed by atoms with Gasteiger partial charge < -0.3 is 10.1 Å². The number of ether oxygens (including phenoxy) is 1. The fourth-order valence-electron chi connectivity index (χ4n) is 0.755. The zero-order chi connectivity index (χ0) is 7.40. The van der Waals surface area contributed by atoms with Gasteiger partial charge in [-0.3, -0.25) is 0 Å². The molecule has 1 atom stereocenters. The monoisotopic (exact) mass is 138 g/mol. The Morgan fingerprint density at radius 3 is 2.90 bits per heavy atom. The molecule has 55 valence electrons. The standard InChI is InChI=1S/C8H12NO/c1-7(2)10-8-5-3-4-6-9-8/h3,5-9H,1-2H3. The van der Waals surface area contributed by atoms with Crippen LogP contribution in [0.1, 0.15) is 13.8 Å². The summed E-state index contributed by atoms with van der Waals surface area (Å²) in [5.74, 6) is 0. The summed E-state index contributed by atoms with van der Waals surface area (Å²) in [7, 11) is 0. The van der Waals surface area contributed by atoms with Crippen molar-refractivity contribution in [2.75, 3.05) is 0 Å². The Hall–Kier alpha value is -0.760. The van der Waals surface area contributed by atoms with E-state index in [1.165, 1.54) is 0 Å². The van der Waals surface area contributed by atoms with Crippen LogP contribution in [0.4, 0.5) is 0 Å². The topological polar surface area (TPSA) is 21.3 Å². The number of allylic oxidation sites excluding steroid dienone is 2. The molecule has 1 unspecified atom stereocenters. The van der Waals surface area contributed by atoms with Crippen molar-refractivity contribution in [3.63, 3.8) is 0 Å². The molecule has 0 aromatic rings. The molecular weight excluding hydrogens is 126 g/mol. The van der Waals surface area contributed by atoms with Crippen molar-refractivity contribution in [2.24, 2.45) is 0 Å². The maximum absolute atomic E-state index is 5.42. The molecule has 1 aliphatic heterocycles. The molecule has 0 bridgehead atoms. The second kappa shape index (κ2) is 3.42. The van der Waals surface area contributed by atoms with Crippen LogP contribution in [0.25, 0.3) is 0 Å². The number of dihydropyridines is 1. The zero-order valence-electron chi connectivity index (χ0n) is 6.29. The minimum absolute atomic E-state index is 0.0289. The molecule has 1 heterocycles. The largest absolute Gasteiger partial charge is 0.362 e. The average Bonchev–Trinajstić information content (AvgIpc) is 1.88. The Bertz CT molecular complexity index is 149. The first kappa shape index (κ1) is 7.35. The van der Waals surface area contributed by atoms with Crippen LogP contribution < -0.4 is 5.32 Å². The average molecular weight is 138 g/mol. The first-order chi connectivity index (χ1) is 4.79. The highest BCUT2D eigenvalue weighted by Crippen LogP contribution is 1.99. The summed E-state index contributed by atoms with van der Waals surface area (Å²) >= 11 is 0. The lowest BCUT2D eigenvalue weighted by molar-refractivity contribution is 0.0235. The second-order valence-electron chi connectivity index (χ2n) is 2.44. The SMILES string of the molecule is CC(C)OC1C=C[C]=CN1. The highest BCUT2D eigenvalue weighted by atomic mass is 16.5. The van der Waals surface area contributed by atoms with Gasteiger partial charge in [-0.05, 0) is 26.0 Å². The van der Waals surface area contributed by atoms with Crippen molar-refractivity contribution < 1.29 is 4.74 Å². The van der Waals surface area contributed by atoms with Crippen molar-refractivity contribution in [1.82, 2.24) is 5.32 Å².